The minimum atomic E-state index is 0.0306. The van der Waals surface area contributed by atoms with Crippen LogP contribution < -0.4 is 5.32 Å². The standard InChI is InChI=1S/C11H23NO2S/c1-8(6-13)9(2)12-10(14)7-15-11(3,4)5/h8-9,13H,6-7H2,1-5H3,(H,12,14). The minimum absolute atomic E-state index is 0.0306. The Morgan fingerprint density at radius 2 is 1.93 bits per heavy atom. The molecule has 0 aromatic rings. The topological polar surface area (TPSA) is 49.3 Å². The highest BCUT2D eigenvalue weighted by Crippen LogP contribution is 2.22. The third-order valence-corrected chi connectivity index (χ3v) is 3.44. The lowest BCUT2D eigenvalue weighted by Gasteiger charge is -2.21. The molecule has 0 saturated heterocycles. The summed E-state index contributed by atoms with van der Waals surface area (Å²) in [6, 6.07) is 0.0306. The highest BCUT2D eigenvalue weighted by atomic mass is 32.2. The molecule has 0 spiro atoms. The fourth-order valence-electron chi connectivity index (χ4n) is 0.878. The molecular weight excluding hydrogens is 210 g/mol. The van der Waals surface area contributed by atoms with Crippen LogP contribution in [0, 0.1) is 5.92 Å². The Kier molecular flexibility index (Phi) is 6.29. The molecule has 0 rings (SSSR count). The SMILES string of the molecule is CC(CO)C(C)NC(=O)CSC(C)(C)C. The summed E-state index contributed by atoms with van der Waals surface area (Å²) in [6.07, 6.45) is 0. The van der Waals surface area contributed by atoms with Crippen LogP contribution in [0.25, 0.3) is 0 Å². The number of hydrogen-bond donors (Lipinski definition) is 2. The van der Waals surface area contributed by atoms with Crippen molar-refractivity contribution in [2.45, 2.75) is 45.4 Å². The lowest BCUT2D eigenvalue weighted by molar-refractivity contribution is -0.119. The highest BCUT2D eigenvalue weighted by molar-refractivity contribution is 8.01. The van der Waals surface area contributed by atoms with Crippen molar-refractivity contribution in [3.8, 4) is 0 Å². The predicted molar refractivity (Wildman–Crippen MR) is 66.1 cm³/mol. The fraction of sp³-hybridized carbons (Fsp3) is 0.909. The van der Waals surface area contributed by atoms with Crippen LogP contribution in [0.3, 0.4) is 0 Å². The molecule has 0 heterocycles. The zero-order chi connectivity index (χ0) is 12.1. The van der Waals surface area contributed by atoms with Gasteiger partial charge in [-0.2, -0.15) is 0 Å². The van der Waals surface area contributed by atoms with E-state index in [0.29, 0.717) is 5.75 Å². The number of hydrogen-bond acceptors (Lipinski definition) is 3. The maximum Gasteiger partial charge on any atom is 0.230 e. The van der Waals surface area contributed by atoms with Crippen LogP contribution >= 0.6 is 11.8 Å². The molecule has 3 nitrogen and oxygen atoms in total. The van der Waals surface area contributed by atoms with Crippen molar-refractivity contribution >= 4 is 17.7 Å². The molecule has 2 N–H and O–H groups in total. The molecule has 0 aliphatic rings. The molecule has 1 amide bonds. The van der Waals surface area contributed by atoms with E-state index in [2.05, 4.69) is 26.1 Å². The summed E-state index contributed by atoms with van der Waals surface area (Å²) in [7, 11) is 0. The van der Waals surface area contributed by atoms with Gasteiger partial charge in [-0.3, -0.25) is 4.79 Å². The second-order valence-corrected chi connectivity index (χ2v) is 6.72. The zero-order valence-electron chi connectivity index (χ0n) is 10.3. The van der Waals surface area contributed by atoms with Crippen LogP contribution in [0.1, 0.15) is 34.6 Å². The molecule has 90 valence electrons. The average Bonchev–Trinajstić information content (AvgIpc) is 2.12. The van der Waals surface area contributed by atoms with Gasteiger partial charge in [-0.15, -0.1) is 11.8 Å². The van der Waals surface area contributed by atoms with Crippen LogP contribution in [0.5, 0.6) is 0 Å². The molecule has 0 aliphatic carbocycles. The summed E-state index contributed by atoms with van der Waals surface area (Å²) < 4.78 is 0.114. The van der Waals surface area contributed by atoms with Crippen molar-refractivity contribution in [1.29, 1.82) is 0 Å². The fourth-order valence-corrected chi connectivity index (χ4v) is 1.53. The van der Waals surface area contributed by atoms with E-state index in [1.54, 1.807) is 11.8 Å². The molecular formula is C11H23NO2S. The average molecular weight is 233 g/mol. The van der Waals surface area contributed by atoms with Crippen molar-refractivity contribution in [1.82, 2.24) is 5.32 Å². The molecule has 0 saturated carbocycles. The monoisotopic (exact) mass is 233 g/mol. The van der Waals surface area contributed by atoms with E-state index in [1.807, 2.05) is 13.8 Å². The van der Waals surface area contributed by atoms with E-state index in [4.69, 9.17) is 5.11 Å². The van der Waals surface area contributed by atoms with Gasteiger partial charge in [0.2, 0.25) is 5.91 Å². The zero-order valence-corrected chi connectivity index (χ0v) is 11.1. The third kappa shape index (κ3) is 7.68. The molecule has 15 heavy (non-hydrogen) atoms. The first-order valence-corrected chi connectivity index (χ1v) is 6.29. The molecule has 2 unspecified atom stereocenters. The first kappa shape index (κ1) is 14.8. The Morgan fingerprint density at radius 1 is 1.40 bits per heavy atom. The van der Waals surface area contributed by atoms with Crippen molar-refractivity contribution in [3.05, 3.63) is 0 Å². The normalized spacial score (nSPS) is 15.9. The van der Waals surface area contributed by atoms with E-state index in [-0.39, 0.29) is 29.2 Å². The molecule has 0 aromatic carbocycles. The first-order chi connectivity index (χ1) is 6.76. The number of carbonyl (C=O) groups is 1. The Hall–Kier alpha value is -0.220. The van der Waals surface area contributed by atoms with Crippen LogP contribution in [-0.4, -0.2) is 34.2 Å². The molecule has 2 atom stereocenters. The van der Waals surface area contributed by atoms with Gasteiger partial charge in [0.1, 0.15) is 0 Å². The summed E-state index contributed by atoms with van der Waals surface area (Å²) in [6.45, 7) is 10.2. The van der Waals surface area contributed by atoms with Gasteiger partial charge < -0.3 is 10.4 Å². The summed E-state index contributed by atoms with van der Waals surface area (Å²) in [4.78, 5) is 11.5. The number of amides is 1. The second-order valence-electron chi connectivity index (χ2n) is 4.92. The van der Waals surface area contributed by atoms with E-state index in [0.717, 1.165) is 0 Å². The Bertz CT molecular complexity index is 201. The summed E-state index contributed by atoms with van der Waals surface area (Å²) in [5.74, 6) is 0.628. The quantitative estimate of drug-likeness (QED) is 0.759. The number of rotatable bonds is 5. The number of carbonyl (C=O) groups excluding carboxylic acids is 1. The Balaban J connectivity index is 3.84. The Labute approximate surface area is 97.0 Å². The van der Waals surface area contributed by atoms with Gasteiger partial charge in [0.25, 0.3) is 0 Å². The number of aliphatic hydroxyl groups is 1. The molecule has 0 radical (unpaired) electrons. The van der Waals surface area contributed by atoms with Crippen LogP contribution in [0.4, 0.5) is 0 Å². The molecule has 0 aliphatic heterocycles. The molecule has 4 heteroatoms. The second kappa shape index (κ2) is 6.38. The smallest absolute Gasteiger partial charge is 0.230 e. The van der Waals surface area contributed by atoms with Crippen LogP contribution in [0.15, 0.2) is 0 Å². The lowest BCUT2D eigenvalue weighted by Crippen LogP contribution is -2.39. The van der Waals surface area contributed by atoms with Crippen LogP contribution in [-0.2, 0) is 4.79 Å². The molecule has 0 fully saturated rings. The maximum atomic E-state index is 11.5. The van der Waals surface area contributed by atoms with E-state index in [1.165, 1.54) is 0 Å². The number of aliphatic hydroxyl groups excluding tert-OH is 1. The Morgan fingerprint density at radius 3 is 2.33 bits per heavy atom. The first-order valence-electron chi connectivity index (χ1n) is 5.30. The van der Waals surface area contributed by atoms with E-state index in [9.17, 15) is 4.79 Å². The van der Waals surface area contributed by atoms with Crippen molar-refractivity contribution in [2.24, 2.45) is 5.92 Å². The maximum absolute atomic E-state index is 11.5. The van der Waals surface area contributed by atoms with Gasteiger partial charge in [0.15, 0.2) is 0 Å². The van der Waals surface area contributed by atoms with Crippen LogP contribution in [0.2, 0.25) is 0 Å². The van der Waals surface area contributed by atoms with Gasteiger partial charge in [0.05, 0.1) is 5.75 Å². The third-order valence-electron chi connectivity index (χ3n) is 2.17. The summed E-state index contributed by atoms with van der Waals surface area (Å²) in [5.41, 5.74) is 0. The van der Waals surface area contributed by atoms with Crippen molar-refractivity contribution < 1.29 is 9.90 Å². The van der Waals surface area contributed by atoms with Crippen molar-refractivity contribution in [3.63, 3.8) is 0 Å². The van der Waals surface area contributed by atoms with Gasteiger partial charge in [-0.25, -0.2) is 0 Å². The highest BCUT2D eigenvalue weighted by Gasteiger charge is 2.16. The minimum Gasteiger partial charge on any atom is -0.396 e. The van der Waals surface area contributed by atoms with Gasteiger partial charge in [-0.05, 0) is 12.8 Å². The number of nitrogens with one attached hydrogen (secondary N) is 1. The predicted octanol–water partition coefficient (Wildman–Crippen LogP) is 1.65. The van der Waals surface area contributed by atoms with Gasteiger partial charge in [0, 0.05) is 17.4 Å². The largest absolute Gasteiger partial charge is 0.396 e. The molecule has 0 bridgehead atoms. The summed E-state index contributed by atoms with van der Waals surface area (Å²) in [5, 5.41) is 11.8. The van der Waals surface area contributed by atoms with Gasteiger partial charge >= 0.3 is 0 Å². The lowest BCUT2D eigenvalue weighted by atomic mass is 10.1. The molecule has 0 aromatic heterocycles. The van der Waals surface area contributed by atoms with Crippen molar-refractivity contribution in [2.75, 3.05) is 12.4 Å². The van der Waals surface area contributed by atoms with E-state index >= 15 is 0 Å². The van der Waals surface area contributed by atoms with E-state index < -0.39 is 0 Å². The number of thioether (sulfide) groups is 1. The summed E-state index contributed by atoms with van der Waals surface area (Å²) >= 11 is 1.63. The van der Waals surface area contributed by atoms with Gasteiger partial charge in [-0.1, -0.05) is 27.7 Å².